The van der Waals surface area contributed by atoms with E-state index in [-0.39, 0.29) is 18.7 Å². The molecule has 7 nitrogen and oxygen atoms in total. The van der Waals surface area contributed by atoms with Crippen LogP contribution >= 0.6 is 11.3 Å². The average molecular weight is 467 g/mol. The first-order valence-electron chi connectivity index (χ1n) is 11.0. The van der Waals surface area contributed by atoms with Gasteiger partial charge in [0.15, 0.2) is 23.0 Å². The minimum absolute atomic E-state index is 0.0393. The predicted molar refractivity (Wildman–Crippen MR) is 125 cm³/mol. The predicted octanol–water partition coefficient (Wildman–Crippen LogP) is 5.14. The van der Waals surface area contributed by atoms with E-state index >= 15 is 0 Å². The lowest BCUT2D eigenvalue weighted by Crippen LogP contribution is -2.38. The first-order valence-corrected chi connectivity index (χ1v) is 11.9. The molecule has 2 aliphatic rings. The third kappa shape index (κ3) is 4.35. The summed E-state index contributed by atoms with van der Waals surface area (Å²) in [7, 11) is 3.21. The Morgan fingerprint density at radius 2 is 1.85 bits per heavy atom. The lowest BCUT2D eigenvalue weighted by Gasteiger charge is -2.28. The standard InChI is InChI=1S/C25H26N2O5S/c1-29-20-10-8-17(12-22(20)30-2)24-26-19(14-33-24)25(28)27(18-5-3-4-6-18)13-16-7-9-21-23(11-16)32-15-31-21/h7-12,14,18H,3-6,13,15H2,1-2H3. The summed E-state index contributed by atoms with van der Waals surface area (Å²) in [6.45, 7) is 0.755. The molecule has 2 aromatic carbocycles. The Hall–Kier alpha value is -3.26. The Morgan fingerprint density at radius 1 is 1.06 bits per heavy atom. The quantitative estimate of drug-likeness (QED) is 0.480. The molecule has 1 amide bonds. The third-order valence-corrected chi connectivity index (χ3v) is 7.06. The zero-order chi connectivity index (χ0) is 22.8. The molecule has 0 radical (unpaired) electrons. The van der Waals surface area contributed by atoms with Gasteiger partial charge in [0.1, 0.15) is 10.7 Å². The molecule has 1 aliphatic carbocycles. The van der Waals surface area contributed by atoms with Gasteiger partial charge in [-0.1, -0.05) is 18.9 Å². The van der Waals surface area contributed by atoms with E-state index in [0.717, 1.165) is 53.3 Å². The first-order chi connectivity index (χ1) is 16.2. The Kier molecular flexibility index (Phi) is 6.09. The number of hydrogen-bond acceptors (Lipinski definition) is 7. The van der Waals surface area contributed by atoms with Gasteiger partial charge in [0, 0.05) is 23.5 Å². The van der Waals surface area contributed by atoms with E-state index in [4.69, 9.17) is 18.9 Å². The minimum Gasteiger partial charge on any atom is -0.493 e. The van der Waals surface area contributed by atoms with Crippen molar-refractivity contribution in [3.8, 4) is 33.6 Å². The van der Waals surface area contributed by atoms with Crippen LogP contribution in [-0.2, 0) is 6.54 Å². The molecule has 33 heavy (non-hydrogen) atoms. The van der Waals surface area contributed by atoms with Gasteiger partial charge in [0.2, 0.25) is 6.79 Å². The van der Waals surface area contributed by atoms with Crippen molar-refractivity contribution in [3.63, 3.8) is 0 Å². The first kappa shape index (κ1) is 21.6. The SMILES string of the molecule is COc1ccc(-c2nc(C(=O)N(Cc3ccc4c(c3)OCO4)C3CCCC3)cs2)cc1OC. The van der Waals surface area contributed by atoms with Crippen LogP contribution in [-0.4, -0.2) is 42.8 Å². The largest absolute Gasteiger partial charge is 0.493 e. The smallest absolute Gasteiger partial charge is 0.273 e. The highest BCUT2D eigenvalue weighted by molar-refractivity contribution is 7.13. The average Bonchev–Trinajstić information content (AvgIpc) is 3.62. The number of ether oxygens (including phenoxy) is 4. The number of methoxy groups -OCH3 is 2. The van der Waals surface area contributed by atoms with Crippen molar-refractivity contribution in [1.82, 2.24) is 9.88 Å². The minimum atomic E-state index is -0.0393. The monoisotopic (exact) mass is 466 g/mol. The van der Waals surface area contributed by atoms with Crippen molar-refractivity contribution in [2.24, 2.45) is 0 Å². The van der Waals surface area contributed by atoms with E-state index in [1.807, 2.05) is 46.7 Å². The molecule has 8 heteroatoms. The van der Waals surface area contributed by atoms with E-state index in [2.05, 4.69) is 4.98 Å². The lowest BCUT2D eigenvalue weighted by molar-refractivity contribution is 0.0659. The van der Waals surface area contributed by atoms with Gasteiger partial charge in [-0.25, -0.2) is 4.98 Å². The van der Waals surface area contributed by atoms with Crippen LogP contribution in [0.3, 0.4) is 0 Å². The molecule has 0 atom stereocenters. The van der Waals surface area contributed by atoms with Crippen molar-refractivity contribution in [2.75, 3.05) is 21.0 Å². The van der Waals surface area contributed by atoms with Crippen molar-refractivity contribution in [2.45, 2.75) is 38.3 Å². The molecule has 0 N–H and O–H groups in total. The van der Waals surface area contributed by atoms with Crippen LogP contribution < -0.4 is 18.9 Å². The van der Waals surface area contributed by atoms with Gasteiger partial charge in [-0.15, -0.1) is 11.3 Å². The summed E-state index contributed by atoms with van der Waals surface area (Å²) < 4.78 is 21.7. The molecule has 172 valence electrons. The summed E-state index contributed by atoms with van der Waals surface area (Å²) in [5.41, 5.74) is 2.38. The number of thiazole rings is 1. The van der Waals surface area contributed by atoms with Crippen molar-refractivity contribution < 1.29 is 23.7 Å². The molecular weight excluding hydrogens is 440 g/mol. The lowest BCUT2D eigenvalue weighted by atomic mass is 10.1. The number of carbonyl (C=O) groups excluding carboxylic acids is 1. The highest BCUT2D eigenvalue weighted by Crippen LogP contribution is 2.36. The van der Waals surface area contributed by atoms with Gasteiger partial charge in [0.25, 0.3) is 5.91 Å². The van der Waals surface area contributed by atoms with Crippen molar-refractivity contribution in [1.29, 1.82) is 0 Å². The fraction of sp³-hybridized carbons (Fsp3) is 0.360. The van der Waals surface area contributed by atoms with Crippen LogP contribution in [0.25, 0.3) is 10.6 Å². The van der Waals surface area contributed by atoms with Crippen molar-refractivity contribution >= 4 is 17.2 Å². The zero-order valence-electron chi connectivity index (χ0n) is 18.7. The van der Waals surface area contributed by atoms with E-state index in [0.29, 0.717) is 23.7 Å². The van der Waals surface area contributed by atoms with Crippen LogP contribution in [0.1, 0.15) is 41.7 Å². The molecule has 5 rings (SSSR count). The van der Waals surface area contributed by atoms with E-state index in [1.54, 1.807) is 14.2 Å². The normalized spacial score (nSPS) is 15.0. The van der Waals surface area contributed by atoms with Gasteiger partial charge < -0.3 is 23.8 Å². The number of rotatable bonds is 7. The molecule has 1 saturated carbocycles. The number of carbonyl (C=O) groups is 1. The number of benzene rings is 2. The van der Waals surface area contributed by atoms with Crippen LogP contribution in [0.2, 0.25) is 0 Å². The second kappa shape index (κ2) is 9.31. The number of nitrogens with zero attached hydrogens (tertiary/aromatic N) is 2. The summed E-state index contributed by atoms with van der Waals surface area (Å²) in [5, 5.41) is 2.62. The Bertz CT molecular complexity index is 1160. The maximum Gasteiger partial charge on any atom is 0.273 e. The van der Waals surface area contributed by atoms with Gasteiger partial charge in [-0.05, 0) is 48.7 Å². The number of fused-ring (bicyclic) bond motifs is 1. The van der Waals surface area contributed by atoms with Crippen LogP contribution in [0.15, 0.2) is 41.8 Å². The van der Waals surface area contributed by atoms with Crippen LogP contribution in [0.4, 0.5) is 0 Å². The highest BCUT2D eigenvalue weighted by Gasteiger charge is 2.29. The molecule has 2 heterocycles. The van der Waals surface area contributed by atoms with Crippen LogP contribution in [0, 0.1) is 0 Å². The van der Waals surface area contributed by atoms with Gasteiger partial charge in [0.05, 0.1) is 14.2 Å². The molecule has 1 aliphatic heterocycles. The molecule has 3 aromatic rings. The molecule has 1 aromatic heterocycles. The van der Waals surface area contributed by atoms with Gasteiger partial charge in [-0.3, -0.25) is 4.79 Å². The summed E-state index contributed by atoms with van der Waals surface area (Å²) in [6, 6.07) is 11.7. The number of aromatic nitrogens is 1. The van der Waals surface area contributed by atoms with E-state index < -0.39 is 0 Å². The van der Waals surface area contributed by atoms with Crippen molar-refractivity contribution in [3.05, 3.63) is 53.0 Å². The second-order valence-electron chi connectivity index (χ2n) is 8.17. The fourth-order valence-corrected chi connectivity index (χ4v) is 5.23. The summed E-state index contributed by atoms with van der Waals surface area (Å²) >= 11 is 1.45. The number of amides is 1. The zero-order valence-corrected chi connectivity index (χ0v) is 19.5. The summed E-state index contributed by atoms with van der Waals surface area (Å²) in [4.78, 5) is 20.3. The molecule has 0 bridgehead atoms. The molecule has 0 unspecified atom stereocenters. The summed E-state index contributed by atoms with van der Waals surface area (Å²) in [6.07, 6.45) is 4.32. The Labute approximate surface area is 196 Å². The maximum atomic E-state index is 13.6. The fourth-order valence-electron chi connectivity index (χ4n) is 4.44. The highest BCUT2D eigenvalue weighted by atomic mass is 32.1. The molecule has 0 spiro atoms. The number of hydrogen-bond donors (Lipinski definition) is 0. The van der Waals surface area contributed by atoms with Gasteiger partial charge >= 0.3 is 0 Å². The van der Waals surface area contributed by atoms with Crippen LogP contribution in [0.5, 0.6) is 23.0 Å². The Morgan fingerprint density at radius 3 is 2.64 bits per heavy atom. The topological polar surface area (TPSA) is 70.1 Å². The van der Waals surface area contributed by atoms with Gasteiger partial charge in [-0.2, -0.15) is 0 Å². The third-order valence-electron chi connectivity index (χ3n) is 6.17. The molecule has 0 saturated heterocycles. The molecular formula is C25H26N2O5S. The van der Waals surface area contributed by atoms with E-state index in [1.165, 1.54) is 11.3 Å². The molecule has 1 fully saturated rings. The Balaban J connectivity index is 1.40. The van der Waals surface area contributed by atoms with E-state index in [9.17, 15) is 4.79 Å². The second-order valence-corrected chi connectivity index (χ2v) is 9.02. The summed E-state index contributed by atoms with van der Waals surface area (Å²) in [5.74, 6) is 2.73. The maximum absolute atomic E-state index is 13.6.